The van der Waals surface area contributed by atoms with Crippen molar-refractivity contribution in [3.63, 3.8) is 0 Å². The van der Waals surface area contributed by atoms with E-state index in [1.165, 1.54) is 0 Å². The van der Waals surface area contributed by atoms with Crippen LogP contribution in [0, 0.1) is 5.41 Å². The van der Waals surface area contributed by atoms with E-state index in [9.17, 15) is 4.79 Å². The SMILES string of the molecule is C=NSC(=N)NC(=O)CC. The van der Waals surface area contributed by atoms with Crippen molar-refractivity contribution in [1.29, 1.82) is 5.41 Å². The van der Waals surface area contributed by atoms with Gasteiger partial charge in [-0.2, -0.15) is 0 Å². The molecular weight excluding hydrogens is 150 g/mol. The first-order chi connectivity index (χ1) is 4.70. The fourth-order valence-electron chi connectivity index (χ4n) is 0.302. The maximum absolute atomic E-state index is 10.6. The molecule has 0 aliphatic rings. The Hall–Kier alpha value is -0.840. The highest BCUT2D eigenvalue weighted by Crippen LogP contribution is 1.98. The minimum atomic E-state index is -0.179. The summed E-state index contributed by atoms with van der Waals surface area (Å²) in [5.41, 5.74) is 0. The van der Waals surface area contributed by atoms with Crippen molar-refractivity contribution in [2.75, 3.05) is 0 Å². The Morgan fingerprint density at radius 2 is 2.50 bits per heavy atom. The number of hydrogen-bond acceptors (Lipinski definition) is 4. The number of nitrogens with one attached hydrogen (secondary N) is 2. The van der Waals surface area contributed by atoms with E-state index in [-0.39, 0.29) is 11.1 Å². The van der Waals surface area contributed by atoms with Gasteiger partial charge in [0.1, 0.15) is 0 Å². The zero-order valence-electron chi connectivity index (χ0n) is 5.68. The Balaban J connectivity index is 3.57. The smallest absolute Gasteiger partial charge is 0.225 e. The third-order valence-corrected chi connectivity index (χ3v) is 1.14. The van der Waals surface area contributed by atoms with E-state index in [1.54, 1.807) is 6.92 Å². The fraction of sp³-hybridized carbons (Fsp3) is 0.400. The molecule has 0 rings (SSSR count). The Morgan fingerprint density at radius 1 is 1.90 bits per heavy atom. The molecule has 0 aromatic rings. The van der Waals surface area contributed by atoms with Crippen molar-refractivity contribution in [2.24, 2.45) is 4.40 Å². The maximum atomic E-state index is 10.6. The molecule has 56 valence electrons. The summed E-state index contributed by atoms with van der Waals surface area (Å²) in [7, 11) is 0. The van der Waals surface area contributed by atoms with Gasteiger partial charge < -0.3 is 5.32 Å². The van der Waals surface area contributed by atoms with Gasteiger partial charge in [-0.15, -0.1) is 0 Å². The van der Waals surface area contributed by atoms with E-state index in [0.29, 0.717) is 6.42 Å². The second-order valence-corrected chi connectivity index (χ2v) is 2.30. The van der Waals surface area contributed by atoms with Crippen LogP contribution >= 0.6 is 11.9 Å². The highest BCUT2D eigenvalue weighted by Gasteiger charge is 1.99. The molecule has 0 heterocycles. The molecule has 0 aliphatic carbocycles. The average Bonchev–Trinajstić information content (AvgIpc) is 1.88. The van der Waals surface area contributed by atoms with Crippen LogP contribution in [0.1, 0.15) is 13.3 Å². The number of carbonyl (C=O) groups is 1. The van der Waals surface area contributed by atoms with Crippen molar-refractivity contribution < 1.29 is 4.79 Å². The molecule has 4 nitrogen and oxygen atoms in total. The Labute approximate surface area is 63.7 Å². The zero-order valence-corrected chi connectivity index (χ0v) is 6.49. The van der Waals surface area contributed by atoms with Crippen LogP contribution < -0.4 is 5.32 Å². The van der Waals surface area contributed by atoms with Gasteiger partial charge in [-0.3, -0.25) is 10.2 Å². The number of hydrogen-bond donors (Lipinski definition) is 2. The predicted molar refractivity (Wildman–Crippen MR) is 43.3 cm³/mol. The number of amidine groups is 1. The van der Waals surface area contributed by atoms with Gasteiger partial charge in [0.05, 0.1) is 0 Å². The second-order valence-electron chi connectivity index (χ2n) is 1.45. The normalized spacial score (nSPS) is 8.50. The molecule has 0 saturated heterocycles. The number of amides is 1. The maximum Gasteiger partial charge on any atom is 0.225 e. The summed E-state index contributed by atoms with van der Waals surface area (Å²) in [6.07, 6.45) is 0.375. The molecule has 10 heavy (non-hydrogen) atoms. The van der Waals surface area contributed by atoms with Gasteiger partial charge >= 0.3 is 0 Å². The topological polar surface area (TPSA) is 65.3 Å². The summed E-state index contributed by atoms with van der Waals surface area (Å²) in [6.45, 7) is 4.87. The van der Waals surface area contributed by atoms with Gasteiger partial charge in [-0.25, -0.2) is 4.40 Å². The quantitative estimate of drug-likeness (QED) is 0.355. The van der Waals surface area contributed by atoms with Gasteiger partial charge in [0.2, 0.25) is 5.91 Å². The van der Waals surface area contributed by atoms with E-state index in [1.807, 2.05) is 0 Å². The van der Waals surface area contributed by atoms with Crippen LogP contribution in [-0.4, -0.2) is 17.8 Å². The first-order valence-electron chi connectivity index (χ1n) is 2.72. The molecule has 0 aliphatic heterocycles. The molecule has 0 saturated carbocycles. The lowest BCUT2D eigenvalue weighted by molar-refractivity contribution is -0.119. The molecular formula is C5H9N3OS. The van der Waals surface area contributed by atoms with Crippen LogP contribution in [0.2, 0.25) is 0 Å². The third-order valence-electron chi connectivity index (χ3n) is 0.730. The zero-order chi connectivity index (χ0) is 7.98. The number of carbonyl (C=O) groups excluding carboxylic acids is 1. The molecule has 0 spiro atoms. The van der Waals surface area contributed by atoms with E-state index < -0.39 is 0 Å². The molecule has 0 aromatic heterocycles. The van der Waals surface area contributed by atoms with Crippen molar-refractivity contribution in [3.05, 3.63) is 0 Å². The lowest BCUT2D eigenvalue weighted by Crippen LogP contribution is -2.26. The third kappa shape index (κ3) is 4.08. The van der Waals surface area contributed by atoms with Gasteiger partial charge in [0.15, 0.2) is 5.17 Å². The lowest BCUT2D eigenvalue weighted by Gasteiger charge is -1.98. The highest BCUT2D eigenvalue weighted by molar-refractivity contribution is 8.12. The summed E-state index contributed by atoms with van der Waals surface area (Å²) < 4.78 is 3.35. The Bertz CT molecular complexity index is 157. The summed E-state index contributed by atoms with van der Waals surface area (Å²) >= 11 is 0.840. The Kier molecular flexibility index (Phi) is 4.57. The highest BCUT2D eigenvalue weighted by atomic mass is 32.2. The van der Waals surface area contributed by atoms with E-state index in [2.05, 4.69) is 16.4 Å². The van der Waals surface area contributed by atoms with Crippen LogP contribution in [-0.2, 0) is 4.79 Å². The monoisotopic (exact) mass is 159 g/mol. The van der Waals surface area contributed by atoms with Crippen molar-refractivity contribution in [3.8, 4) is 0 Å². The molecule has 0 aromatic carbocycles. The largest absolute Gasteiger partial charge is 0.304 e. The minimum absolute atomic E-state index is 0.0156. The standard InChI is InChI=1S/C5H9N3OS/c1-3-4(9)8-5(6)10-7-2/h2-3H2,1H3,(H2,6,8,9). The van der Waals surface area contributed by atoms with Crippen LogP contribution in [0.5, 0.6) is 0 Å². The molecule has 0 unspecified atom stereocenters. The Morgan fingerprint density at radius 3 is 2.90 bits per heavy atom. The van der Waals surface area contributed by atoms with Gasteiger partial charge in [0, 0.05) is 18.4 Å². The van der Waals surface area contributed by atoms with Crippen molar-refractivity contribution >= 4 is 29.7 Å². The first-order valence-corrected chi connectivity index (χ1v) is 3.49. The van der Waals surface area contributed by atoms with E-state index >= 15 is 0 Å². The molecule has 0 fully saturated rings. The predicted octanol–water partition coefficient (Wildman–Crippen LogP) is 0.796. The summed E-state index contributed by atoms with van der Waals surface area (Å²) in [5.74, 6) is -0.179. The average molecular weight is 159 g/mol. The van der Waals surface area contributed by atoms with Crippen molar-refractivity contribution in [2.45, 2.75) is 13.3 Å². The summed E-state index contributed by atoms with van der Waals surface area (Å²) in [4.78, 5) is 10.6. The van der Waals surface area contributed by atoms with Gasteiger partial charge in [0.25, 0.3) is 0 Å². The molecule has 0 radical (unpaired) electrons. The van der Waals surface area contributed by atoms with Crippen molar-refractivity contribution in [1.82, 2.24) is 5.32 Å². The first kappa shape index (κ1) is 9.16. The van der Waals surface area contributed by atoms with Gasteiger partial charge in [-0.05, 0) is 6.72 Å². The van der Waals surface area contributed by atoms with Crippen LogP contribution in [0.4, 0.5) is 0 Å². The fourth-order valence-corrected chi connectivity index (χ4v) is 0.591. The molecule has 2 N–H and O–H groups in total. The van der Waals surface area contributed by atoms with E-state index in [0.717, 1.165) is 11.9 Å². The molecule has 5 heteroatoms. The second kappa shape index (κ2) is 4.99. The summed E-state index contributed by atoms with van der Waals surface area (Å²) in [6, 6.07) is 0. The van der Waals surface area contributed by atoms with Crippen LogP contribution in [0.3, 0.4) is 0 Å². The molecule has 0 atom stereocenters. The van der Waals surface area contributed by atoms with E-state index in [4.69, 9.17) is 5.41 Å². The summed E-state index contributed by atoms with van der Waals surface area (Å²) in [5, 5.41) is 9.34. The van der Waals surface area contributed by atoms with Crippen LogP contribution in [0.25, 0.3) is 0 Å². The van der Waals surface area contributed by atoms with Gasteiger partial charge in [-0.1, -0.05) is 6.92 Å². The lowest BCUT2D eigenvalue weighted by atomic mass is 10.5. The number of nitrogens with zero attached hydrogens (tertiary/aromatic N) is 1. The number of rotatable bonds is 2. The molecule has 1 amide bonds. The minimum Gasteiger partial charge on any atom is -0.304 e. The molecule has 0 bridgehead atoms. The van der Waals surface area contributed by atoms with Crippen LogP contribution in [0.15, 0.2) is 4.40 Å².